The summed E-state index contributed by atoms with van der Waals surface area (Å²) in [7, 11) is 3.59. The summed E-state index contributed by atoms with van der Waals surface area (Å²) in [4.78, 5) is 27.6. The molecule has 0 spiro atoms. The molecule has 0 N–H and O–H groups in total. The van der Waals surface area contributed by atoms with Crippen molar-refractivity contribution < 1.29 is 9.47 Å². The molecule has 2 aliphatic rings. The molecule has 3 unspecified atom stereocenters. The summed E-state index contributed by atoms with van der Waals surface area (Å²) in [5.74, 6) is 0.574. The largest absolute Gasteiger partial charge is 0.486 e. The van der Waals surface area contributed by atoms with E-state index < -0.39 is 11.7 Å². The molecule has 0 saturated heterocycles. The number of allylic oxidation sites excluding steroid dienone is 2. The lowest BCUT2D eigenvalue weighted by atomic mass is 9.68. The third-order valence-corrected chi connectivity index (χ3v) is 7.84. The average molecular weight is 483 g/mol. The van der Waals surface area contributed by atoms with Crippen molar-refractivity contribution in [2.75, 3.05) is 0 Å². The number of nitrogens with zero attached hydrogens (tertiary/aromatic N) is 2. The molecule has 0 aliphatic carbocycles. The maximum Gasteiger partial charge on any atom is 0.261 e. The van der Waals surface area contributed by atoms with E-state index in [1.165, 1.54) is 0 Å². The molecule has 0 radical (unpaired) electrons. The Balaban J connectivity index is 1.75. The van der Waals surface area contributed by atoms with Crippen molar-refractivity contribution in [2.45, 2.75) is 45.3 Å². The first kappa shape index (κ1) is 22.7. The molecule has 6 rings (SSSR count). The Bertz CT molecular complexity index is 1720. The van der Waals surface area contributed by atoms with Gasteiger partial charge in [-0.3, -0.25) is 9.59 Å². The number of rotatable bonds is 1. The molecule has 0 fully saturated rings. The topological polar surface area (TPSA) is 62.5 Å². The van der Waals surface area contributed by atoms with E-state index >= 15 is 0 Å². The standard InChI is InChI=1S/C30H30N2O4/c1-16(2)15-19-22-25(17-11-7-9-13-20(17)31(5)28(22)33)35-27-23-26(36-30(3,4)24(19)27)18-12-8-10-14-21(18)32(6)29(23)34/h7-15,19,24,27H,1-6H3. The van der Waals surface area contributed by atoms with Gasteiger partial charge in [0.2, 0.25) is 0 Å². The minimum absolute atomic E-state index is 0.0855. The van der Waals surface area contributed by atoms with Crippen LogP contribution in [0.4, 0.5) is 0 Å². The van der Waals surface area contributed by atoms with Gasteiger partial charge in [-0.2, -0.15) is 0 Å². The van der Waals surface area contributed by atoms with Gasteiger partial charge in [0, 0.05) is 30.8 Å². The van der Waals surface area contributed by atoms with Gasteiger partial charge in [0.05, 0.1) is 22.5 Å². The van der Waals surface area contributed by atoms with Crippen molar-refractivity contribution in [3.8, 4) is 11.5 Å². The molecule has 3 atom stereocenters. The highest BCUT2D eigenvalue weighted by Crippen LogP contribution is 2.57. The van der Waals surface area contributed by atoms with E-state index in [-0.39, 0.29) is 23.0 Å². The maximum absolute atomic E-state index is 13.8. The van der Waals surface area contributed by atoms with Gasteiger partial charge in [-0.15, -0.1) is 0 Å². The van der Waals surface area contributed by atoms with E-state index in [2.05, 4.69) is 6.08 Å². The van der Waals surface area contributed by atoms with E-state index in [1.54, 1.807) is 23.2 Å². The predicted octanol–water partition coefficient (Wildman–Crippen LogP) is 5.36. The zero-order chi connectivity index (χ0) is 25.5. The van der Waals surface area contributed by atoms with Crippen LogP contribution in [0, 0.1) is 5.92 Å². The van der Waals surface area contributed by atoms with Crippen LogP contribution in [0.25, 0.3) is 21.8 Å². The van der Waals surface area contributed by atoms with E-state index in [1.807, 2.05) is 76.2 Å². The number of aryl methyl sites for hydroxylation is 2. The number of hydrogen-bond acceptors (Lipinski definition) is 4. The van der Waals surface area contributed by atoms with Crippen LogP contribution in [-0.2, 0) is 14.1 Å². The van der Waals surface area contributed by atoms with Crippen molar-refractivity contribution in [1.29, 1.82) is 0 Å². The maximum atomic E-state index is 13.8. The van der Waals surface area contributed by atoms with E-state index in [4.69, 9.17) is 9.47 Å². The molecule has 6 nitrogen and oxygen atoms in total. The van der Waals surface area contributed by atoms with Crippen molar-refractivity contribution in [2.24, 2.45) is 20.0 Å². The van der Waals surface area contributed by atoms with Crippen molar-refractivity contribution >= 4 is 21.8 Å². The van der Waals surface area contributed by atoms with E-state index in [0.29, 0.717) is 22.6 Å². The molecule has 0 saturated carbocycles. The van der Waals surface area contributed by atoms with Crippen LogP contribution in [-0.4, -0.2) is 14.7 Å². The second kappa shape index (κ2) is 7.60. The van der Waals surface area contributed by atoms with Crippen LogP contribution in [0.5, 0.6) is 11.5 Å². The van der Waals surface area contributed by atoms with Crippen LogP contribution in [0.1, 0.15) is 50.8 Å². The number of para-hydroxylation sites is 2. The zero-order valence-corrected chi connectivity index (χ0v) is 21.5. The summed E-state index contributed by atoms with van der Waals surface area (Å²) in [5, 5.41) is 1.74. The number of ether oxygens (including phenoxy) is 2. The molecule has 36 heavy (non-hydrogen) atoms. The fourth-order valence-electron chi connectivity index (χ4n) is 6.24. The minimum Gasteiger partial charge on any atom is -0.486 e. The Labute approximate surface area is 209 Å². The number of benzene rings is 2. The Kier molecular flexibility index (Phi) is 4.78. The van der Waals surface area contributed by atoms with Gasteiger partial charge in [-0.05, 0) is 52.0 Å². The molecular weight excluding hydrogens is 452 g/mol. The lowest BCUT2D eigenvalue weighted by Crippen LogP contribution is -2.53. The third kappa shape index (κ3) is 2.96. The van der Waals surface area contributed by atoms with Crippen LogP contribution < -0.4 is 20.6 Å². The first-order chi connectivity index (χ1) is 17.1. The monoisotopic (exact) mass is 482 g/mol. The molecule has 2 aromatic carbocycles. The molecule has 4 heterocycles. The van der Waals surface area contributed by atoms with Crippen LogP contribution in [0.3, 0.4) is 0 Å². The minimum atomic E-state index is -0.711. The molecule has 0 amide bonds. The molecule has 4 aromatic rings. The second-order valence-electron chi connectivity index (χ2n) is 10.8. The Morgan fingerprint density at radius 3 is 1.94 bits per heavy atom. The second-order valence-corrected chi connectivity index (χ2v) is 10.8. The lowest BCUT2D eigenvalue weighted by Gasteiger charge is -2.50. The fraction of sp³-hybridized carbons (Fsp3) is 0.333. The van der Waals surface area contributed by atoms with Gasteiger partial charge < -0.3 is 18.6 Å². The summed E-state index contributed by atoms with van der Waals surface area (Å²) in [6, 6.07) is 15.6. The first-order valence-electron chi connectivity index (χ1n) is 12.4. The Morgan fingerprint density at radius 1 is 0.833 bits per heavy atom. The molecular formula is C30H30N2O4. The first-order valence-corrected chi connectivity index (χ1v) is 12.4. The summed E-state index contributed by atoms with van der Waals surface area (Å²) in [6.07, 6.45) is 1.56. The lowest BCUT2D eigenvalue weighted by molar-refractivity contribution is -0.0595. The normalized spacial score (nSPS) is 21.7. The summed E-state index contributed by atoms with van der Waals surface area (Å²) in [6.45, 7) is 8.14. The summed E-state index contributed by atoms with van der Waals surface area (Å²) in [5.41, 5.74) is 2.91. The van der Waals surface area contributed by atoms with Crippen LogP contribution >= 0.6 is 0 Å². The fourth-order valence-corrected chi connectivity index (χ4v) is 6.24. The average Bonchev–Trinajstić information content (AvgIpc) is 2.84. The quantitative estimate of drug-likeness (QED) is 0.343. The predicted molar refractivity (Wildman–Crippen MR) is 142 cm³/mol. The van der Waals surface area contributed by atoms with Crippen molar-refractivity contribution in [3.63, 3.8) is 0 Å². The summed E-state index contributed by atoms with van der Waals surface area (Å²) < 4.78 is 16.9. The van der Waals surface area contributed by atoms with Crippen molar-refractivity contribution in [3.05, 3.63) is 92.0 Å². The highest BCUT2D eigenvalue weighted by atomic mass is 16.5. The Morgan fingerprint density at radius 2 is 1.36 bits per heavy atom. The molecule has 6 heteroatoms. The number of pyridine rings is 2. The zero-order valence-electron chi connectivity index (χ0n) is 21.5. The number of fused-ring (bicyclic) bond motifs is 8. The molecule has 2 aromatic heterocycles. The SMILES string of the molecule is CC(C)=CC1c2c(c3ccccc3n(C)c2=O)OC2c3c(c4ccccc4n(C)c3=O)OC(C)(C)C12. The smallest absolute Gasteiger partial charge is 0.261 e. The van der Waals surface area contributed by atoms with Gasteiger partial charge in [-0.1, -0.05) is 35.9 Å². The molecule has 0 bridgehead atoms. The summed E-state index contributed by atoms with van der Waals surface area (Å²) >= 11 is 0. The van der Waals surface area contributed by atoms with Crippen LogP contribution in [0.2, 0.25) is 0 Å². The third-order valence-electron chi connectivity index (χ3n) is 7.84. The van der Waals surface area contributed by atoms with Gasteiger partial charge in [0.25, 0.3) is 11.1 Å². The van der Waals surface area contributed by atoms with Gasteiger partial charge in [0.15, 0.2) is 0 Å². The van der Waals surface area contributed by atoms with E-state index in [9.17, 15) is 9.59 Å². The Hall–Kier alpha value is -3.80. The van der Waals surface area contributed by atoms with E-state index in [0.717, 1.165) is 27.4 Å². The number of aromatic nitrogens is 2. The highest BCUT2D eigenvalue weighted by molar-refractivity contribution is 5.89. The number of hydrogen-bond donors (Lipinski definition) is 0. The van der Waals surface area contributed by atoms with Gasteiger partial charge in [0.1, 0.15) is 28.8 Å². The molecule has 184 valence electrons. The van der Waals surface area contributed by atoms with Crippen LogP contribution in [0.15, 0.2) is 69.8 Å². The van der Waals surface area contributed by atoms with Gasteiger partial charge >= 0.3 is 0 Å². The van der Waals surface area contributed by atoms with Gasteiger partial charge in [-0.25, -0.2) is 0 Å². The van der Waals surface area contributed by atoms with Crippen molar-refractivity contribution in [1.82, 2.24) is 9.13 Å². The molecule has 2 aliphatic heterocycles. The highest BCUT2D eigenvalue weighted by Gasteiger charge is 2.54.